The van der Waals surface area contributed by atoms with Crippen LogP contribution in [-0.4, -0.2) is 22.7 Å². The summed E-state index contributed by atoms with van der Waals surface area (Å²) < 4.78 is 0. The van der Waals surface area contributed by atoms with Crippen LogP contribution >= 0.6 is 11.8 Å². The average Bonchev–Trinajstić information content (AvgIpc) is 2.38. The molecular formula is C15H19N3OS. The SMILES string of the molecule is CC1SC(=O)NN=C1c1cccc2c1NCCC2(C)C. The van der Waals surface area contributed by atoms with Gasteiger partial charge in [0.1, 0.15) is 0 Å². The standard InChI is InChI=1S/C15H19N3OS/c1-9-12(17-18-14(19)20-9)10-5-4-6-11-13(10)16-8-7-15(11,2)3/h4-6,9,16H,7-8H2,1-3H3,(H,18,19). The van der Waals surface area contributed by atoms with Crippen molar-refractivity contribution in [1.82, 2.24) is 5.43 Å². The molecule has 2 aliphatic heterocycles. The Morgan fingerprint density at radius 3 is 2.95 bits per heavy atom. The van der Waals surface area contributed by atoms with Crippen molar-refractivity contribution in [2.75, 3.05) is 11.9 Å². The first-order chi connectivity index (χ1) is 9.49. The van der Waals surface area contributed by atoms with Crippen LogP contribution in [0.5, 0.6) is 0 Å². The van der Waals surface area contributed by atoms with Gasteiger partial charge < -0.3 is 5.32 Å². The van der Waals surface area contributed by atoms with Crippen molar-refractivity contribution >= 4 is 28.4 Å². The number of hydrazone groups is 1. The van der Waals surface area contributed by atoms with Crippen LogP contribution in [0.4, 0.5) is 10.5 Å². The topological polar surface area (TPSA) is 53.5 Å². The summed E-state index contributed by atoms with van der Waals surface area (Å²) in [5.74, 6) is 0. The van der Waals surface area contributed by atoms with Gasteiger partial charge >= 0.3 is 0 Å². The highest BCUT2D eigenvalue weighted by Crippen LogP contribution is 2.39. The predicted molar refractivity (Wildman–Crippen MR) is 84.7 cm³/mol. The summed E-state index contributed by atoms with van der Waals surface area (Å²) in [4.78, 5) is 11.4. The van der Waals surface area contributed by atoms with Gasteiger partial charge in [-0.1, -0.05) is 43.8 Å². The van der Waals surface area contributed by atoms with Crippen molar-refractivity contribution < 1.29 is 4.79 Å². The molecule has 0 saturated heterocycles. The summed E-state index contributed by atoms with van der Waals surface area (Å²) in [7, 11) is 0. The van der Waals surface area contributed by atoms with Gasteiger partial charge in [-0.2, -0.15) is 5.10 Å². The van der Waals surface area contributed by atoms with E-state index in [0.29, 0.717) is 0 Å². The second kappa shape index (κ2) is 4.81. The molecule has 1 unspecified atom stereocenters. The second-order valence-corrected chi connectivity index (χ2v) is 7.26. The van der Waals surface area contributed by atoms with Gasteiger partial charge in [-0.25, -0.2) is 5.43 Å². The number of amides is 1. The van der Waals surface area contributed by atoms with E-state index in [1.807, 2.05) is 6.92 Å². The Morgan fingerprint density at radius 2 is 2.20 bits per heavy atom. The third-order valence-corrected chi connectivity index (χ3v) is 4.94. The van der Waals surface area contributed by atoms with E-state index in [-0.39, 0.29) is 15.9 Å². The molecule has 1 amide bonds. The van der Waals surface area contributed by atoms with Crippen LogP contribution in [0.3, 0.4) is 0 Å². The molecule has 0 aromatic heterocycles. The van der Waals surface area contributed by atoms with Crippen LogP contribution in [-0.2, 0) is 5.41 Å². The minimum Gasteiger partial charge on any atom is -0.384 e. The number of rotatable bonds is 1. The van der Waals surface area contributed by atoms with Crippen molar-refractivity contribution in [2.45, 2.75) is 37.9 Å². The van der Waals surface area contributed by atoms with Crippen LogP contribution in [0.1, 0.15) is 38.3 Å². The number of hydrogen-bond acceptors (Lipinski definition) is 4. The molecule has 0 radical (unpaired) electrons. The second-order valence-electron chi connectivity index (χ2n) is 5.95. The molecule has 0 saturated carbocycles. The number of para-hydroxylation sites is 1. The zero-order chi connectivity index (χ0) is 14.3. The zero-order valence-corrected chi connectivity index (χ0v) is 12.8. The molecule has 20 heavy (non-hydrogen) atoms. The molecule has 106 valence electrons. The molecule has 4 nitrogen and oxygen atoms in total. The third kappa shape index (κ3) is 2.20. The zero-order valence-electron chi connectivity index (χ0n) is 12.0. The van der Waals surface area contributed by atoms with E-state index >= 15 is 0 Å². The van der Waals surface area contributed by atoms with E-state index in [9.17, 15) is 4.79 Å². The summed E-state index contributed by atoms with van der Waals surface area (Å²) >= 11 is 1.29. The molecule has 2 heterocycles. The maximum Gasteiger partial charge on any atom is 0.299 e. The summed E-state index contributed by atoms with van der Waals surface area (Å²) in [5.41, 5.74) is 7.30. The number of carbonyl (C=O) groups excluding carboxylic acids is 1. The van der Waals surface area contributed by atoms with Gasteiger partial charge in [-0.3, -0.25) is 4.79 Å². The average molecular weight is 289 g/mol. The van der Waals surface area contributed by atoms with Gasteiger partial charge in [-0.15, -0.1) is 0 Å². The largest absolute Gasteiger partial charge is 0.384 e. The number of hydrogen-bond donors (Lipinski definition) is 2. The van der Waals surface area contributed by atoms with E-state index in [2.05, 4.69) is 47.9 Å². The normalized spacial score (nSPS) is 24.2. The molecule has 0 spiro atoms. The number of nitrogens with one attached hydrogen (secondary N) is 2. The molecule has 2 aliphatic rings. The van der Waals surface area contributed by atoms with Crippen molar-refractivity contribution in [2.24, 2.45) is 5.10 Å². The lowest BCUT2D eigenvalue weighted by Crippen LogP contribution is -2.33. The highest BCUT2D eigenvalue weighted by Gasteiger charge is 2.31. The highest BCUT2D eigenvalue weighted by molar-refractivity contribution is 8.14. The van der Waals surface area contributed by atoms with Crippen LogP contribution in [0.25, 0.3) is 0 Å². The molecule has 2 N–H and O–H groups in total. The van der Waals surface area contributed by atoms with Gasteiger partial charge in [0.05, 0.1) is 11.0 Å². The lowest BCUT2D eigenvalue weighted by atomic mass is 9.77. The fourth-order valence-electron chi connectivity index (χ4n) is 2.87. The van der Waals surface area contributed by atoms with Crippen molar-refractivity contribution in [1.29, 1.82) is 0 Å². The number of benzene rings is 1. The Morgan fingerprint density at radius 1 is 1.40 bits per heavy atom. The van der Waals surface area contributed by atoms with E-state index in [1.54, 1.807) is 0 Å². The fraction of sp³-hybridized carbons (Fsp3) is 0.467. The molecule has 1 aromatic carbocycles. The Hall–Kier alpha value is -1.49. The Kier molecular flexibility index (Phi) is 3.24. The maximum absolute atomic E-state index is 11.4. The van der Waals surface area contributed by atoms with Gasteiger partial charge in [0.2, 0.25) is 0 Å². The third-order valence-electron chi connectivity index (χ3n) is 4.06. The summed E-state index contributed by atoms with van der Waals surface area (Å²) in [5, 5.41) is 7.77. The smallest absolute Gasteiger partial charge is 0.299 e. The molecule has 5 heteroatoms. The minimum absolute atomic E-state index is 0.0714. The fourth-order valence-corrected chi connectivity index (χ4v) is 3.58. The van der Waals surface area contributed by atoms with Crippen LogP contribution in [0.15, 0.2) is 23.3 Å². The Balaban J connectivity index is 2.10. The van der Waals surface area contributed by atoms with E-state index in [0.717, 1.165) is 24.2 Å². The summed E-state index contributed by atoms with van der Waals surface area (Å²) in [6.07, 6.45) is 1.12. The first-order valence-electron chi connectivity index (χ1n) is 6.91. The molecule has 1 aromatic rings. The molecule has 1 atom stereocenters. The van der Waals surface area contributed by atoms with Crippen LogP contribution < -0.4 is 10.7 Å². The van der Waals surface area contributed by atoms with Gasteiger partial charge in [0.25, 0.3) is 5.24 Å². The van der Waals surface area contributed by atoms with Crippen LogP contribution in [0, 0.1) is 0 Å². The summed E-state index contributed by atoms with van der Waals surface area (Å²) in [6, 6.07) is 6.35. The van der Waals surface area contributed by atoms with Gasteiger partial charge in [0, 0.05) is 17.8 Å². The first-order valence-corrected chi connectivity index (χ1v) is 7.79. The lowest BCUT2D eigenvalue weighted by Gasteiger charge is -2.35. The Bertz CT molecular complexity index is 595. The minimum atomic E-state index is -0.0839. The number of carbonyl (C=O) groups is 1. The Labute approximate surface area is 123 Å². The van der Waals surface area contributed by atoms with Gasteiger partial charge in [-0.05, 0) is 24.3 Å². The first kappa shape index (κ1) is 13.5. The lowest BCUT2D eigenvalue weighted by molar-refractivity contribution is 0.261. The van der Waals surface area contributed by atoms with Crippen molar-refractivity contribution in [3.05, 3.63) is 29.3 Å². The molecule has 0 fully saturated rings. The predicted octanol–water partition coefficient (Wildman–Crippen LogP) is 3.33. The summed E-state index contributed by atoms with van der Waals surface area (Å²) in [6.45, 7) is 7.55. The number of fused-ring (bicyclic) bond motifs is 1. The molecule has 0 bridgehead atoms. The van der Waals surface area contributed by atoms with Crippen LogP contribution in [0.2, 0.25) is 0 Å². The number of nitrogens with zero attached hydrogens (tertiary/aromatic N) is 1. The van der Waals surface area contributed by atoms with Crippen molar-refractivity contribution in [3.8, 4) is 0 Å². The van der Waals surface area contributed by atoms with Gasteiger partial charge in [0.15, 0.2) is 0 Å². The molecular weight excluding hydrogens is 270 g/mol. The maximum atomic E-state index is 11.4. The monoisotopic (exact) mass is 289 g/mol. The number of thioether (sulfide) groups is 1. The highest BCUT2D eigenvalue weighted by atomic mass is 32.2. The number of anilines is 1. The van der Waals surface area contributed by atoms with E-state index < -0.39 is 0 Å². The molecule has 3 rings (SSSR count). The quantitative estimate of drug-likeness (QED) is 0.834. The van der Waals surface area contributed by atoms with E-state index in [1.165, 1.54) is 23.0 Å². The van der Waals surface area contributed by atoms with E-state index in [4.69, 9.17) is 0 Å². The van der Waals surface area contributed by atoms with Crippen molar-refractivity contribution in [3.63, 3.8) is 0 Å². The molecule has 0 aliphatic carbocycles.